The molecule has 2 nitrogen and oxygen atoms in total. The molecule has 0 radical (unpaired) electrons. The van der Waals surface area contributed by atoms with E-state index < -0.39 is 0 Å². The smallest absolute Gasteiger partial charge is 0.0493 e. The summed E-state index contributed by atoms with van der Waals surface area (Å²) >= 11 is 0. The third-order valence-electron chi connectivity index (χ3n) is 10.6. The van der Waals surface area contributed by atoms with Gasteiger partial charge in [0.25, 0.3) is 0 Å². The maximum atomic E-state index is 3.04. The van der Waals surface area contributed by atoms with Crippen molar-refractivity contribution in [3.63, 3.8) is 0 Å². The summed E-state index contributed by atoms with van der Waals surface area (Å²) in [6.45, 7) is 0. The van der Waals surface area contributed by atoms with Crippen molar-refractivity contribution in [1.82, 2.24) is 9.80 Å². The van der Waals surface area contributed by atoms with Gasteiger partial charge in [-0.2, -0.15) is 0 Å². The molecule has 5 atom stereocenters. The van der Waals surface area contributed by atoms with Gasteiger partial charge in [-0.3, -0.25) is 0 Å². The van der Waals surface area contributed by atoms with Crippen molar-refractivity contribution in [2.45, 2.75) is 140 Å². The summed E-state index contributed by atoms with van der Waals surface area (Å²) in [6, 6.07) is 2.35. The molecule has 2 fully saturated rings. The zero-order chi connectivity index (χ0) is 21.1. The molecule has 0 amide bonds. The van der Waals surface area contributed by atoms with Crippen molar-refractivity contribution in [3.8, 4) is 0 Å². The Bertz CT molecular complexity index is 847. The van der Waals surface area contributed by atoms with Crippen LogP contribution in [-0.2, 0) is 0 Å². The van der Waals surface area contributed by atoms with Crippen LogP contribution < -0.4 is 0 Å². The lowest BCUT2D eigenvalue weighted by atomic mass is 9.79. The number of nitrogens with zero attached hydrogens (tertiary/aromatic N) is 2. The largest absolute Gasteiger partial charge is 0.365 e. The van der Waals surface area contributed by atoms with E-state index >= 15 is 0 Å². The summed E-state index contributed by atoms with van der Waals surface area (Å²) in [5.74, 6) is 1.82. The Kier molecular flexibility index (Phi) is 5.21. The molecule has 0 aromatic heterocycles. The summed E-state index contributed by atoms with van der Waals surface area (Å²) in [6.07, 6.45) is 30.1. The molecule has 0 saturated heterocycles. The van der Waals surface area contributed by atoms with E-state index in [0.717, 1.165) is 23.9 Å². The van der Waals surface area contributed by atoms with Gasteiger partial charge in [-0.1, -0.05) is 25.7 Å². The topological polar surface area (TPSA) is 6.48 Å². The fourth-order valence-electron chi connectivity index (χ4n) is 9.41. The standard InChI is InChI=1S/C30H44N2/c1-5-16-27-23(12-1)24-13-2-6-17-28(24)31(27)21-10-9-11-22(20-21)32-29-18-7-3-14-25(29)26-15-4-8-19-30(26)32/h20-21,23,25,27,29H,1-19H2. The average molecular weight is 433 g/mol. The second-order valence-electron chi connectivity index (χ2n) is 12.2. The van der Waals surface area contributed by atoms with Crippen LogP contribution in [0.4, 0.5) is 0 Å². The highest BCUT2D eigenvalue weighted by Crippen LogP contribution is 2.52. The van der Waals surface area contributed by atoms with Crippen molar-refractivity contribution in [3.05, 3.63) is 34.3 Å². The van der Waals surface area contributed by atoms with Crippen LogP contribution >= 0.6 is 0 Å². The monoisotopic (exact) mass is 432 g/mol. The molecule has 5 aliphatic carbocycles. The van der Waals surface area contributed by atoms with Crippen molar-refractivity contribution in [2.24, 2.45) is 11.8 Å². The highest BCUT2D eigenvalue weighted by Gasteiger charge is 2.46. The number of hydrogen-bond donors (Lipinski definition) is 0. The Morgan fingerprint density at radius 3 is 1.97 bits per heavy atom. The first-order chi connectivity index (χ1) is 15.9. The third-order valence-corrected chi connectivity index (χ3v) is 10.6. The molecular weight excluding hydrogens is 388 g/mol. The van der Waals surface area contributed by atoms with Crippen molar-refractivity contribution < 1.29 is 0 Å². The second-order valence-corrected chi connectivity index (χ2v) is 12.2. The molecule has 0 bridgehead atoms. The van der Waals surface area contributed by atoms with Crippen LogP contribution in [0.25, 0.3) is 0 Å². The molecule has 0 spiro atoms. The summed E-state index contributed by atoms with van der Waals surface area (Å²) < 4.78 is 0. The van der Waals surface area contributed by atoms with Gasteiger partial charge < -0.3 is 9.80 Å². The zero-order valence-electron chi connectivity index (χ0n) is 20.3. The Hall–Kier alpha value is -1.18. The maximum absolute atomic E-state index is 3.04. The summed E-state index contributed by atoms with van der Waals surface area (Å²) in [7, 11) is 0. The molecule has 174 valence electrons. The minimum atomic E-state index is 0.685. The lowest BCUT2D eigenvalue weighted by Crippen LogP contribution is -2.44. The SMILES string of the molecule is C1=C(N2C3=C(CCCC3)C3CCCCC32)CCCC1N1C2=C(CCCC2)C2CCCCC21. The fraction of sp³-hybridized carbons (Fsp3) is 0.800. The van der Waals surface area contributed by atoms with Gasteiger partial charge >= 0.3 is 0 Å². The quantitative estimate of drug-likeness (QED) is 0.439. The first-order valence-electron chi connectivity index (χ1n) is 14.6. The molecule has 0 N–H and O–H groups in total. The predicted octanol–water partition coefficient (Wildman–Crippen LogP) is 7.83. The van der Waals surface area contributed by atoms with Gasteiger partial charge in [0.05, 0.1) is 0 Å². The predicted molar refractivity (Wildman–Crippen MR) is 132 cm³/mol. The second kappa shape index (κ2) is 8.24. The van der Waals surface area contributed by atoms with E-state index in [1.165, 1.54) is 122 Å². The number of hydrogen-bond acceptors (Lipinski definition) is 2. The summed E-state index contributed by atoms with van der Waals surface area (Å²) in [5.41, 5.74) is 9.24. The number of rotatable bonds is 2. The van der Waals surface area contributed by atoms with Crippen molar-refractivity contribution in [1.29, 1.82) is 0 Å². The van der Waals surface area contributed by atoms with Crippen LogP contribution in [-0.4, -0.2) is 27.9 Å². The van der Waals surface area contributed by atoms with Gasteiger partial charge in [-0.15, -0.1) is 0 Å². The van der Waals surface area contributed by atoms with Gasteiger partial charge in [0, 0.05) is 47.1 Å². The molecule has 7 rings (SSSR count). The molecule has 32 heavy (non-hydrogen) atoms. The van der Waals surface area contributed by atoms with Gasteiger partial charge in [-0.25, -0.2) is 0 Å². The summed E-state index contributed by atoms with van der Waals surface area (Å²) in [4.78, 5) is 6.02. The Labute approximate surface area is 196 Å². The van der Waals surface area contributed by atoms with Crippen LogP contribution in [0.5, 0.6) is 0 Å². The van der Waals surface area contributed by atoms with E-state index in [0.29, 0.717) is 6.04 Å². The van der Waals surface area contributed by atoms with E-state index in [-0.39, 0.29) is 0 Å². The maximum Gasteiger partial charge on any atom is 0.0493 e. The minimum Gasteiger partial charge on any atom is -0.365 e. The van der Waals surface area contributed by atoms with Crippen LogP contribution in [0.1, 0.15) is 122 Å². The first-order valence-corrected chi connectivity index (χ1v) is 14.6. The molecule has 0 aromatic rings. The molecule has 0 aromatic carbocycles. The van der Waals surface area contributed by atoms with E-state index in [4.69, 9.17) is 0 Å². The average Bonchev–Trinajstić information content (AvgIpc) is 3.37. The normalized spacial score (nSPS) is 39.5. The van der Waals surface area contributed by atoms with Crippen LogP contribution in [0.2, 0.25) is 0 Å². The lowest BCUT2D eigenvalue weighted by molar-refractivity contribution is 0.143. The van der Waals surface area contributed by atoms with Crippen molar-refractivity contribution >= 4 is 0 Å². The van der Waals surface area contributed by atoms with E-state index in [9.17, 15) is 0 Å². The van der Waals surface area contributed by atoms with Gasteiger partial charge in [0.2, 0.25) is 0 Å². The van der Waals surface area contributed by atoms with Crippen molar-refractivity contribution in [2.75, 3.05) is 0 Å². The highest BCUT2D eigenvalue weighted by molar-refractivity contribution is 5.35. The molecule has 5 unspecified atom stereocenters. The lowest BCUT2D eigenvalue weighted by Gasteiger charge is -2.44. The zero-order valence-corrected chi connectivity index (χ0v) is 20.3. The van der Waals surface area contributed by atoms with Gasteiger partial charge in [0.15, 0.2) is 0 Å². The third kappa shape index (κ3) is 3.10. The van der Waals surface area contributed by atoms with Gasteiger partial charge in [-0.05, 0) is 114 Å². The molecular formula is C30H44N2. The van der Waals surface area contributed by atoms with Crippen LogP contribution in [0.15, 0.2) is 34.3 Å². The first kappa shape index (κ1) is 20.2. The van der Waals surface area contributed by atoms with E-state index in [2.05, 4.69) is 15.9 Å². The molecule has 2 aliphatic heterocycles. The fourth-order valence-corrected chi connectivity index (χ4v) is 9.41. The van der Waals surface area contributed by atoms with E-state index in [1.54, 1.807) is 5.70 Å². The minimum absolute atomic E-state index is 0.685. The number of fused-ring (bicyclic) bond motifs is 4. The molecule has 2 heterocycles. The number of allylic oxidation sites excluding steroid dienone is 3. The van der Waals surface area contributed by atoms with Crippen LogP contribution in [0, 0.1) is 11.8 Å². The summed E-state index contributed by atoms with van der Waals surface area (Å²) in [5, 5.41) is 0. The highest BCUT2D eigenvalue weighted by atomic mass is 15.2. The Balaban J connectivity index is 1.23. The molecule has 2 heteroatoms. The Morgan fingerprint density at radius 2 is 1.16 bits per heavy atom. The van der Waals surface area contributed by atoms with E-state index in [1.807, 2.05) is 22.5 Å². The molecule has 2 saturated carbocycles. The Morgan fingerprint density at radius 1 is 0.531 bits per heavy atom. The molecule has 7 aliphatic rings. The van der Waals surface area contributed by atoms with Crippen LogP contribution in [0.3, 0.4) is 0 Å². The van der Waals surface area contributed by atoms with Gasteiger partial charge in [0.1, 0.15) is 0 Å².